The van der Waals surface area contributed by atoms with Crippen LogP contribution in [0.25, 0.3) is 0 Å². The van der Waals surface area contributed by atoms with E-state index in [4.69, 9.17) is 16.3 Å². The van der Waals surface area contributed by atoms with Crippen molar-refractivity contribution in [3.63, 3.8) is 0 Å². The minimum atomic E-state index is -0.262. The van der Waals surface area contributed by atoms with Crippen molar-refractivity contribution < 1.29 is 9.53 Å². The molecule has 0 spiro atoms. The highest BCUT2D eigenvalue weighted by Crippen LogP contribution is 2.67. The molecule has 0 amide bonds. The Morgan fingerprint density at radius 2 is 1.88 bits per heavy atom. The molecule has 4 aliphatic carbocycles. The molecule has 0 saturated heterocycles. The van der Waals surface area contributed by atoms with E-state index in [0.717, 1.165) is 48.3 Å². The van der Waals surface area contributed by atoms with Crippen molar-refractivity contribution in [3.05, 3.63) is 11.6 Å². The Morgan fingerprint density at radius 1 is 1.09 bits per heavy atom. The first-order valence-electron chi connectivity index (χ1n) is 13.6. The van der Waals surface area contributed by atoms with Gasteiger partial charge in [-0.2, -0.15) is 0 Å². The SMILES string of the molecule is CC(C)CCC[C@@H](C)[C@@H]1CC[C@@H]2[C@H]3CC=C4C[C@@H](OC(=O)CCl)CC[C@]4(C)[C@@H]3CC[C@]21C. The van der Waals surface area contributed by atoms with Gasteiger partial charge in [0.25, 0.3) is 0 Å². The summed E-state index contributed by atoms with van der Waals surface area (Å²) in [6, 6.07) is 0. The molecule has 3 saturated carbocycles. The van der Waals surface area contributed by atoms with Crippen molar-refractivity contribution in [1.29, 1.82) is 0 Å². The van der Waals surface area contributed by atoms with E-state index >= 15 is 0 Å². The highest BCUT2D eigenvalue weighted by molar-refractivity contribution is 6.26. The van der Waals surface area contributed by atoms with Gasteiger partial charge in [0.15, 0.2) is 0 Å². The second-order valence-electron chi connectivity index (χ2n) is 12.8. The van der Waals surface area contributed by atoms with E-state index < -0.39 is 0 Å². The fourth-order valence-electron chi connectivity index (χ4n) is 8.97. The van der Waals surface area contributed by atoms with E-state index in [2.05, 4.69) is 40.7 Å². The van der Waals surface area contributed by atoms with Crippen molar-refractivity contribution in [2.24, 2.45) is 46.3 Å². The van der Waals surface area contributed by atoms with Crippen molar-refractivity contribution >= 4 is 17.6 Å². The molecule has 2 nitrogen and oxygen atoms in total. The number of carbonyl (C=O) groups excluding carboxylic acids is 1. The van der Waals surface area contributed by atoms with Crippen LogP contribution in [-0.2, 0) is 9.53 Å². The van der Waals surface area contributed by atoms with Crippen LogP contribution in [0.4, 0.5) is 0 Å². The third-order valence-electron chi connectivity index (χ3n) is 10.7. The van der Waals surface area contributed by atoms with E-state index in [-0.39, 0.29) is 18.0 Å². The van der Waals surface area contributed by atoms with Gasteiger partial charge in [-0.15, -0.1) is 11.6 Å². The van der Waals surface area contributed by atoms with Crippen LogP contribution in [-0.4, -0.2) is 18.0 Å². The quantitative estimate of drug-likeness (QED) is 0.216. The molecule has 0 aromatic carbocycles. The average Bonchev–Trinajstić information content (AvgIpc) is 3.11. The second kappa shape index (κ2) is 9.63. The number of esters is 1. The predicted molar refractivity (Wildman–Crippen MR) is 134 cm³/mol. The standard InChI is InChI=1S/C29H47ClO2/c1-19(2)7-6-8-20(3)24-11-12-25-23-10-9-21-17-22(32-27(31)18-30)13-15-28(21,4)26(23)14-16-29(24,25)5/h9,19-20,22-26H,6-8,10-18H2,1-5H3/t20-,22+,23-,24+,25-,26-,28+,29+/m1/s1. The van der Waals surface area contributed by atoms with Crippen molar-refractivity contribution in [1.82, 2.24) is 0 Å². The third kappa shape index (κ3) is 4.44. The molecular weight excluding hydrogens is 416 g/mol. The van der Waals surface area contributed by atoms with Gasteiger partial charge in [0, 0.05) is 6.42 Å². The first-order valence-corrected chi connectivity index (χ1v) is 14.2. The van der Waals surface area contributed by atoms with Crippen molar-refractivity contribution in [3.8, 4) is 0 Å². The Bertz CT molecular complexity index is 714. The molecule has 0 radical (unpaired) electrons. The molecule has 0 bridgehead atoms. The molecule has 0 aromatic heterocycles. The summed E-state index contributed by atoms with van der Waals surface area (Å²) in [5, 5.41) is 0. The molecule has 32 heavy (non-hydrogen) atoms. The first-order chi connectivity index (χ1) is 15.2. The third-order valence-corrected chi connectivity index (χ3v) is 10.9. The van der Waals surface area contributed by atoms with E-state index in [0.29, 0.717) is 10.8 Å². The van der Waals surface area contributed by atoms with Crippen LogP contribution in [0.2, 0.25) is 0 Å². The zero-order valence-electron chi connectivity index (χ0n) is 21.3. The van der Waals surface area contributed by atoms with Gasteiger partial charge in [-0.1, -0.05) is 65.5 Å². The summed E-state index contributed by atoms with van der Waals surface area (Å²) in [6.07, 6.45) is 16.9. The van der Waals surface area contributed by atoms with Gasteiger partial charge in [-0.05, 0) is 91.3 Å². The lowest BCUT2D eigenvalue weighted by Crippen LogP contribution is -2.51. The summed E-state index contributed by atoms with van der Waals surface area (Å²) in [4.78, 5) is 11.7. The average molecular weight is 463 g/mol. The van der Waals surface area contributed by atoms with Gasteiger partial charge in [-0.3, -0.25) is 4.79 Å². The number of allylic oxidation sites excluding steroid dienone is 1. The van der Waals surface area contributed by atoms with Crippen LogP contribution in [0.1, 0.15) is 105 Å². The molecule has 0 aliphatic heterocycles. The highest BCUT2D eigenvalue weighted by atomic mass is 35.5. The summed E-state index contributed by atoms with van der Waals surface area (Å²) in [6.45, 7) is 12.5. The Hall–Kier alpha value is -0.500. The molecule has 4 rings (SSSR count). The van der Waals surface area contributed by atoms with Gasteiger partial charge in [0.05, 0.1) is 0 Å². The normalized spacial score (nSPS) is 42.0. The van der Waals surface area contributed by atoms with E-state index in [1.54, 1.807) is 5.57 Å². The fourth-order valence-corrected chi connectivity index (χ4v) is 9.03. The van der Waals surface area contributed by atoms with Gasteiger partial charge >= 0.3 is 5.97 Å². The molecule has 4 aliphatic rings. The summed E-state index contributed by atoms with van der Waals surface area (Å²) >= 11 is 5.68. The largest absolute Gasteiger partial charge is 0.461 e. The molecule has 0 heterocycles. The number of hydrogen-bond donors (Lipinski definition) is 0. The van der Waals surface area contributed by atoms with Gasteiger partial charge in [0.2, 0.25) is 0 Å². The van der Waals surface area contributed by atoms with Crippen LogP contribution < -0.4 is 0 Å². The Balaban J connectivity index is 1.45. The van der Waals surface area contributed by atoms with E-state index in [1.807, 2.05) is 0 Å². The predicted octanol–water partition coefficient (Wildman–Crippen LogP) is 8.18. The van der Waals surface area contributed by atoms with Gasteiger partial charge < -0.3 is 4.74 Å². The van der Waals surface area contributed by atoms with E-state index in [9.17, 15) is 4.79 Å². The minimum absolute atomic E-state index is 0.0329. The van der Waals surface area contributed by atoms with Gasteiger partial charge in [0.1, 0.15) is 12.0 Å². The lowest BCUT2D eigenvalue weighted by Gasteiger charge is -2.58. The Kier molecular flexibility index (Phi) is 7.41. The lowest BCUT2D eigenvalue weighted by atomic mass is 9.47. The molecule has 3 fully saturated rings. The number of fused-ring (bicyclic) bond motifs is 5. The maximum Gasteiger partial charge on any atom is 0.321 e. The lowest BCUT2D eigenvalue weighted by molar-refractivity contribution is -0.148. The van der Waals surface area contributed by atoms with Crippen LogP contribution in [0.3, 0.4) is 0 Å². The van der Waals surface area contributed by atoms with Crippen LogP contribution in [0.5, 0.6) is 0 Å². The maximum absolute atomic E-state index is 11.7. The highest BCUT2D eigenvalue weighted by Gasteiger charge is 2.59. The molecule has 0 N–H and O–H groups in total. The van der Waals surface area contributed by atoms with E-state index in [1.165, 1.54) is 57.8 Å². The first kappa shape index (κ1) is 24.6. The Labute approximate surface area is 202 Å². The number of halogens is 1. The topological polar surface area (TPSA) is 26.3 Å². The summed E-state index contributed by atoms with van der Waals surface area (Å²) < 4.78 is 5.63. The number of hydrogen-bond acceptors (Lipinski definition) is 2. The van der Waals surface area contributed by atoms with Crippen molar-refractivity contribution in [2.45, 2.75) is 111 Å². The monoisotopic (exact) mass is 462 g/mol. The maximum atomic E-state index is 11.7. The zero-order valence-corrected chi connectivity index (χ0v) is 22.1. The smallest absolute Gasteiger partial charge is 0.321 e. The summed E-state index contributed by atoms with van der Waals surface area (Å²) in [7, 11) is 0. The number of rotatable bonds is 7. The molecule has 182 valence electrons. The summed E-state index contributed by atoms with van der Waals surface area (Å²) in [5.74, 6) is 4.92. The molecule has 0 aromatic rings. The Morgan fingerprint density at radius 3 is 2.59 bits per heavy atom. The molecular formula is C29H47ClO2. The minimum Gasteiger partial charge on any atom is -0.461 e. The molecule has 0 unspecified atom stereocenters. The van der Waals surface area contributed by atoms with Gasteiger partial charge in [-0.25, -0.2) is 0 Å². The molecule has 8 atom stereocenters. The fraction of sp³-hybridized carbons (Fsp3) is 0.897. The number of alkyl halides is 1. The van der Waals surface area contributed by atoms with Crippen LogP contribution in [0.15, 0.2) is 11.6 Å². The zero-order chi connectivity index (χ0) is 23.1. The number of carbonyl (C=O) groups is 1. The second-order valence-corrected chi connectivity index (χ2v) is 13.0. The van der Waals surface area contributed by atoms with Crippen molar-refractivity contribution in [2.75, 3.05) is 5.88 Å². The van der Waals surface area contributed by atoms with Crippen LogP contribution >= 0.6 is 11.6 Å². The molecule has 3 heteroatoms. The summed E-state index contributed by atoms with van der Waals surface area (Å²) in [5.41, 5.74) is 2.44. The van der Waals surface area contributed by atoms with Crippen LogP contribution in [0, 0.1) is 46.3 Å². The number of ether oxygens (including phenoxy) is 1.